The maximum Gasteiger partial charge on any atom is 0.197 e. The van der Waals surface area contributed by atoms with Crippen molar-refractivity contribution in [3.8, 4) is 11.6 Å². The fourth-order valence-electron chi connectivity index (χ4n) is 1.14. The van der Waals surface area contributed by atoms with Crippen molar-refractivity contribution < 1.29 is 0 Å². The predicted molar refractivity (Wildman–Crippen MR) is 53.4 cm³/mol. The summed E-state index contributed by atoms with van der Waals surface area (Å²) in [6.45, 7) is 1.87. The van der Waals surface area contributed by atoms with E-state index in [2.05, 4.69) is 15.0 Å². The van der Waals surface area contributed by atoms with Gasteiger partial charge >= 0.3 is 0 Å². The second-order valence-corrected chi connectivity index (χ2v) is 3.12. The lowest BCUT2D eigenvalue weighted by Crippen LogP contribution is -2.01. The molecule has 0 aliphatic carbocycles. The second-order valence-electron chi connectivity index (χ2n) is 3.12. The number of hydrogen-bond acceptors (Lipinski definition) is 4. The molecule has 2 rings (SSSR count). The Morgan fingerprint density at radius 3 is 2.71 bits per heavy atom. The summed E-state index contributed by atoms with van der Waals surface area (Å²) in [7, 11) is 1.89. The molecule has 2 aromatic rings. The summed E-state index contributed by atoms with van der Waals surface area (Å²) in [5, 5.41) is 0. The average Bonchev–Trinajstić information content (AvgIpc) is 2.57. The number of anilines is 1. The van der Waals surface area contributed by atoms with Crippen LogP contribution in [0.3, 0.4) is 0 Å². The Bertz CT molecular complexity index is 460. The summed E-state index contributed by atoms with van der Waals surface area (Å²) in [5.74, 6) is 1.77. The summed E-state index contributed by atoms with van der Waals surface area (Å²) < 4.78 is 1.85. The van der Waals surface area contributed by atoms with Crippen LogP contribution in [-0.4, -0.2) is 19.5 Å². The van der Waals surface area contributed by atoms with E-state index in [0.29, 0.717) is 11.6 Å². The molecule has 5 heteroatoms. The van der Waals surface area contributed by atoms with Gasteiger partial charge in [0.1, 0.15) is 5.82 Å². The van der Waals surface area contributed by atoms with Crippen molar-refractivity contribution in [2.45, 2.75) is 6.92 Å². The Morgan fingerprint density at radius 2 is 2.14 bits per heavy atom. The maximum atomic E-state index is 5.69. The lowest BCUT2D eigenvalue weighted by molar-refractivity contribution is 0.906. The second kappa shape index (κ2) is 3.10. The topological polar surface area (TPSA) is 69.6 Å². The number of nitrogen functional groups attached to an aromatic ring is 1. The third kappa shape index (κ3) is 1.32. The minimum Gasteiger partial charge on any atom is -0.383 e. The highest BCUT2D eigenvalue weighted by Crippen LogP contribution is 2.13. The number of nitrogens with two attached hydrogens (primary N) is 1. The number of aryl methyl sites for hydroxylation is 2. The normalized spacial score (nSPS) is 10.4. The minimum absolute atomic E-state index is 0.498. The molecule has 5 nitrogen and oxygen atoms in total. The monoisotopic (exact) mass is 189 g/mol. The number of aromatic nitrogens is 4. The van der Waals surface area contributed by atoms with Gasteiger partial charge in [0, 0.05) is 31.2 Å². The molecule has 14 heavy (non-hydrogen) atoms. The third-order valence-corrected chi connectivity index (χ3v) is 2.03. The van der Waals surface area contributed by atoms with Gasteiger partial charge in [-0.15, -0.1) is 0 Å². The van der Waals surface area contributed by atoms with Crippen molar-refractivity contribution in [3.63, 3.8) is 0 Å². The fraction of sp³-hybridized carbons (Fsp3) is 0.222. The molecule has 0 spiro atoms. The predicted octanol–water partition coefficient (Wildman–Crippen LogP) is 0.768. The molecular formula is C9H11N5. The molecule has 0 amide bonds. The van der Waals surface area contributed by atoms with Crippen LogP contribution < -0.4 is 5.73 Å². The maximum absolute atomic E-state index is 5.69. The van der Waals surface area contributed by atoms with Crippen LogP contribution in [-0.2, 0) is 7.05 Å². The van der Waals surface area contributed by atoms with Crippen molar-refractivity contribution in [3.05, 3.63) is 24.2 Å². The van der Waals surface area contributed by atoms with Crippen LogP contribution in [0.1, 0.15) is 5.56 Å². The zero-order valence-electron chi connectivity index (χ0n) is 8.10. The van der Waals surface area contributed by atoms with Crippen LogP contribution in [0.2, 0.25) is 0 Å². The zero-order chi connectivity index (χ0) is 10.1. The van der Waals surface area contributed by atoms with E-state index in [4.69, 9.17) is 5.73 Å². The minimum atomic E-state index is 0.498. The van der Waals surface area contributed by atoms with Crippen molar-refractivity contribution in [1.82, 2.24) is 19.5 Å². The molecule has 0 saturated heterocycles. The van der Waals surface area contributed by atoms with E-state index in [9.17, 15) is 0 Å². The number of hydrogen-bond donors (Lipinski definition) is 1. The van der Waals surface area contributed by atoms with E-state index in [-0.39, 0.29) is 0 Å². The lowest BCUT2D eigenvalue weighted by atomic mass is 10.3. The van der Waals surface area contributed by atoms with Crippen molar-refractivity contribution in [2.24, 2.45) is 7.05 Å². The summed E-state index contributed by atoms with van der Waals surface area (Å²) >= 11 is 0. The van der Waals surface area contributed by atoms with Crippen LogP contribution in [0.25, 0.3) is 11.6 Å². The smallest absolute Gasteiger partial charge is 0.197 e. The molecule has 2 aromatic heterocycles. The Balaban J connectivity index is 2.53. The van der Waals surface area contributed by atoms with Crippen LogP contribution in [0, 0.1) is 6.92 Å². The van der Waals surface area contributed by atoms with Crippen LogP contribution >= 0.6 is 0 Å². The van der Waals surface area contributed by atoms with Crippen molar-refractivity contribution in [1.29, 1.82) is 0 Å². The number of nitrogens with zero attached hydrogens (tertiary/aromatic N) is 4. The largest absolute Gasteiger partial charge is 0.383 e. The first kappa shape index (κ1) is 8.68. The molecule has 2 heterocycles. The SMILES string of the molecule is Cc1cnc(-c2nccn2C)nc1N. The van der Waals surface area contributed by atoms with Crippen LogP contribution in [0.15, 0.2) is 18.6 Å². The van der Waals surface area contributed by atoms with Gasteiger partial charge in [0.15, 0.2) is 11.6 Å². The molecule has 0 atom stereocenters. The molecule has 72 valence electrons. The Kier molecular flexibility index (Phi) is 1.92. The molecule has 2 N–H and O–H groups in total. The van der Waals surface area contributed by atoms with E-state index in [1.54, 1.807) is 12.4 Å². The van der Waals surface area contributed by atoms with E-state index in [0.717, 1.165) is 11.4 Å². The molecule has 0 radical (unpaired) electrons. The lowest BCUT2D eigenvalue weighted by Gasteiger charge is -2.02. The summed E-state index contributed by atoms with van der Waals surface area (Å²) in [6, 6.07) is 0. The summed E-state index contributed by atoms with van der Waals surface area (Å²) in [4.78, 5) is 12.5. The van der Waals surface area contributed by atoms with Gasteiger partial charge in [0.25, 0.3) is 0 Å². The van der Waals surface area contributed by atoms with Gasteiger partial charge in [-0.25, -0.2) is 15.0 Å². The van der Waals surface area contributed by atoms with E-state index < -0.39 is 0 Å². The Labute approximate surface area is 81.6 Å². The standard InChI is InChI=1S/C9H11N5/c1-6-5-12-8(13-7(6)10)9-11-3-4-14(9)2/h3-5H,1-2H3,(H2,10,12,13). The van der Waals surface area contributed by atoms with Crippen molar-refractivity contribution in [2.75, 3.05) is 5.73 Å². The summed E-state index contributed by atoms with van der Waals surface area (Å²) in [6.07, 6.45) is 5.25. The first-order chi connectivity index (χ1) is 6.68. The highest BCUT2D eigenvalue weighted by atomic mass is 15.1. The van der Waals surface area contributed by atoms with Gasteiger partial charge in [0.2, 0.25) is 0 Å². The molecular weight excluding hydrogens is 178 g/mol. The van der Waals surface area contributed by atoms with Gasteiger partial charge in [-0.3, -0.25) is 0 Å². The van der Waals surface area contributed by atoms with Gasteiger partial charge < -0.3 is 10.3 Å². The quantitative estimate of drug-likeness (QED) is 0.719. The summed E-state index contributed by atoms with van der Waals surface area (Å²) in [5.41, 5.74) is 6.57. The number of imidazole rings is 1. The van der Waals surface area contributed by atoms with E-state index >= 15 is 0 Å². The first-order valence-electron chi connectivity index (χ1n) is 4.25. The molecule has 0 unspecified atom stereocenters. The molecule has 0 aliphatic rings. The number of rotatable bonds is 1. The highest BCUT2D eigenvalue weighted by Gasteiger charge is 2.07. The van der Waals surface area contributed by atoms with E-state index in [1.807, 2.05) is 24.7 Å². The molecule has 0 aromatic carbocycles. The van der Waals surface area contributed by atoms with Crippen LogP contribution in [0.4, 0.5) is 5.82 Å². The Morgan fingerprint density at radius 1 is 1.36 bits per heavy atom. The van der Waals surface area contributed by atoms with Gasteiger partial charge in [-0.2, -0.15) is 0 Å². The molecule has 0 bridgehead atoms. The highest BCUT2D eigenvalue weighted by molar-refractivity contribution is 5.49. The fourth-order valence-corrected chi connectivity index (χ4v) is 1.14. The van der Waals surface area contributed by atoms with Crippen LogP contribution in [0.5, 0.6) is 0 Å². The molecule has 0 fully saturated rings. The zero-order valence-corrected chi connectivity index (χ0v) is 8.10. The Hall–Kier alpha value is -1.91. The molecule has 0 aliphatic heterocycles. The van der Waals surface area contributed by atoms with Gasteiger partial charge in [0.05, 0.1) is 0 Å². The van der Waals surface area contributed by atoms with Gasteiger partial charge in [-0.05, 0) is 6.92 Å². The van der Waals surface area contributed by atoms with Crippen molar-refractivity contribution >= 4 is 5.82 Å². The average molecular weight is 189 g/mol. The third-order valence-electron chi connectivity index (χ3n) is 2.03. The first-order valence-corrected chi connectivity index (χ1v) is 4.25. The van der Waals surface area contributed by atoms with E-state index in [1.165, 1.54) is 0 Å². The molecule has 0 saturated carbocycles. The van der Waals surface area contributed by atoms with Gasteiger partial charge in [-0.1, -0.05) is 0 Å².